The van der Waals surface area contributed by atoms with Gasteiger partial charge in [0.2, 0.25) is 0 Å². The monoisotopic (exact) mass is 495 g/mol. The van der Waals surface area contributed by atoms with Crippen molar-refractivity contribution in [3.8, 4) is 11.3 Å². The van der Waals surface area contributed by atoms with E-state index in [1.807, 2.05) is 19.9 Å². The Morgan fingerprint density at radius 1 is 0.944 bits per heavy atom. The summed E-state index contributed by atoms with van der Waals surface area (Å²) >= 11 is 0. The van der Waals surface area contributed by atoms with Crippen LogP contribution in [0.3, 0.4) is 0 Å². The van der Waals surface area contributed by atoms with Crippen LogP contribution in [0.2, 0.25) is 0 Å². The molecular formula is C25H21F4N7. The Kier molecular flexibility index (Phi) is 7.28. The number of aromatic nitrogens is 4. The summed E-state index contributed by atoms with van der Waals surface area (Å²) in [6, 6.07) is 10.0. The number of nitrogens with zero attached hydrogens (tertiary/aromatic N) is 6. The average molecular weight is 495 g/mol. The summed E-state index contributed by atoms with van der Waals surface area (Å²) in [5, 5.41) is 10.9. The highest BCUT2D eigenvalue weighted by atomic mass is 19.4. The molecule has 0 saturated carbocycles. The molecule has 0 bridgehead atoms. The van der Waals surface area contributed by atoms with E-state index in [4.69, 9.17) is 0 Å². The second kappa shape index (κ2) is 10.5. The number of azo groups is 1. The van der Waals surface area contributed by atoms with Crippen LogP contribution in [0.4, 0.5) is 34.9 Å². The lowest BCUT2D eigenvalue weighted by molar-refractivity contribution is -0.137. The summed E-state index contributed by atoms with van der Waals surface area (Å²) in [6.07, 6.45) is 1.34. The molecule has 0 atom stereocenters. The lowest BCUT2D eigenvalue weighted by Crippen LogP contribution is -2.05. The average Bonchev–Trinajstić information content (AvgIpc) is 2.86. The Morgan fingerprint density at radius 2 is 1.78 bits per heavy atom. The lowest BCUT2D eigenvalue weighted by Gasteiger charge is -2.10. The van der Waals surface area contributed by atoms with Crippen molar-refractivity contribution in [2.24, 2.45) is 10.2 Å². The van der Waals surface area contributed by atoms with Gasteiger partial charge in [0.25, 0.3) is 5.95 Å². The van der Waals surface area contributed by atoms with Crippen molar-refractivity contribution in [3.05, 3.63) is 89.9 Å². The van der Waals surface area contributed by atoms with Gasteiger partial charge in [0, 0.05) is 23.6 Å². The predicted octanol–water partition coefficient (Wildman–Crippen LogP) is 7.24. The molecule has 4 aromatic rings. The minimum atomic E-state index is -4.42. The molecule has 0 saturated heterocycles. The van der Waals surface area contributed by atoms with E-state index in [1.165, 1.54) is 24.5 Å². The fourth-order valence-electron chi connectivity index (χ4n) is 3.21. The first-order valence-corrected chi connectivity index (χ1v) is 10.9. The number of anilines is 2. The molecule has 11 heteroatoms. The molecule has 0 spiro atoms. The van der Waals surface area contributed by atoms with Crippen molar-refractivity contribution in [2.45, 2.75) is 32.5 Å². The van der Waals surface area contributed by atoms with Crippen LogP contribution < -0.4 is 5.32 Å². The molecule has 7 nitrogen and oxygen atoms in total. The Morgan fingerprint density at radius 3 is 2.50 bits per heavy atom. The van der Waals surface area contributed by atoms with E-state index in [1.54, 1.807) is 18.3 Å². The van der Waals surface area contributed by atoms with Gasteiger partial charge in [0.1, 0.15) is 12.2 Å². The third-order valence-electron chi connectivity index (χ3n) is 5.13. The number of hydrogen-bond acceptors (Lipinski definition) is 7. The topological polar surface area (TPSA) is 88.3 Å². The molecule has 36 heavy (non-hydrogen) atoms. The molecule has 184 valence electrons. The van der Waals surface area contributed by atoms with E-state index in [-0.39, 0.29) is 29.8 Å². The van der Waals surface area contributed by atoms with Crippen molar-refractivity contribution in [1.82, 2.24) is 19.9 Å². The second-order valence-electron chi connectivity index (χ2n) is 8.17. The minimum absolute atomic E-state index is 0.0100. The first-order valence-electron chi connectivity index (χ1n) is 10.9. The molecule has 3 heterocycles. The van der Waals surface area contributed by atoms with E-state index >= 15 is 0 Å². The van der Waals surface area contributed by atoms with Gasteiger partial charge in [-0.05, 0) is 47.9 Å². The van der Waals surface area contributed by atoms with Crippen molar-refractivity contribution in [2.75, 3.05) is 5.32 Å². The Labute approximate surface area is 204 Å². The van der Waals surface area contributed by atoms with E-state index in [0.29, 0.717) is 16.9 Å². The van der Waals surface area contributed by atoms with E-state index in [0.717, 1.165) is 23.9 Å². The van der Waals surface area contributed by atoms with E-state index in [2.05, 4.69) is 35.5 Å². The lowest BCUT2D eigenvalue weighted by atomic mass is 10.0. The van der Waals surface area contributed by atoms with Gasteiger partial charge in [0.05, 0.1) is 29.3 Å². The van der Waals surface area contributed by atoms with Crippen LogP contribution in [-0.2, 0) is 12.7 Å². The van der Waals surface area contributed by atoms with Crippen LogP contribution in [0.5, 0.6) is 0 Å². The standard InChI is InChI=1S/C25H21F4N7/c1-15(2)16-8-17(11-30-10-16)23-22(26)14-32-24(35-23)36-33-13-20-6-7-21(12-31-20)34-19-5-3-4-18(9-19)25(27,28)29/h3-12,14-15,34H,13H2,1-2H3. The Bertz CT molecular complexity index is 1370. The second-order valence-corrected chi connectivity index (χ2v) is 8.17. The fourth-order valence-corrected chi connectivity index (χ4v) is 3.21. The molecule has 0 fully saturated rings. The number of halogens is 4. The van der Waals surface area contributed by atoms with Gasteiger partial charge in [-0.2, -0.15) is 18.3 Å². The van der Waals surface area contributed by atoms with Gasteiger partial charge in [-0.15, -0.1) is 5.11 Å². The van der Waals surface area contributed by atoms with Crippen LogP contribution in [0.1, 0.15) is 36.6 Å². The van der Waals surface area contributed by atoms with Gasteiger partial charge >= 0.3 is 6.18 Å². The maximum Gasteiger partial charge on any atom is 0.416 e. The SMILES string of the molecule is CC(C)c1cncc(-c2nc(N=NCc3ccc(Nc4cccc(C(F)(F)F)c4)cn3)ncc2F)c1. The number of nitrogens with one attached hydrogen (secondary N) is 1. The van der Waals surface area contributed by atoms with Gasteiger partial charge in [-0.1, -0.05) is 19.9 Å². The van der Waals surface area contributed by atoms with Gasteiger partial charge in [0.15, 0.2) is 5.82 Å². The van der Waals surface area contributed by atoms with Crippen LogP contribution in [0.25, 0.3) is 11.3 Å². The maximum atomic E-state index is 14.4. The molecule has 4 rings (SSSR count). The molecule has 0 aliphatic heterocycles. The molecular weight excluding hydrogens is 474 g/mol. The highest BCUT2D eigenvalue weighted by Crippen LogP contribution is 2.31. The Hall–Kier alpha value is -4.28. The molecule has 0 aliphatic carbocycles. The number of hydrogen-bond donors (Lipinski definition) is 1. The van der Waals surface area contributed by atoms with Crippen molar-refractivity contribution in [3.63, 3.8) is 0 Å². The summed E-state index contributed by atoms with van der Waals surface area (Å²) in [5.41, 5.74) is 2.17. The van der Waals surface area contributed by atoms with Gasteiger partial charge in [-0.25, -0.2) is 14.4 Å². The molecule has 1 N–H and O–H groups in total. The zero-order chi connectivity index (χ0) is 25.7. The molecule has 3 aromatic heterocycles. The zero-order valence-electron chi connectivity index (χ0n) is 19.3. The normalized spacial score (nSPS) is 11.9. The predicted molar refractivity (Wildman–Crippen MR) is 126 cm³/mol. The van der Waals surface area contributed by atoms with Gasteiger partial charge in [-0.3, -0.25) is 9.97 Å². The van der Waals surface area contributed by atoms with E-state index < -0.39 is 17.6 Å². The van der Waals surface area contributed by atoms with Crippen molar-refractivity contribution < 1.29 is 17.6 Å². The number of pyridine rings is 2. The smallest absolute Gasteiger partial charge is 0.354 e. The van der Waals surface area contributed by atoms with Crippen LogP contribution in [0, 0.1) is 5.82 Å². The summed E-state index contributed by atoms with van der Waals surface area (Å²) in [5.74, 6) is -0.382. The van der Waals surface area contributed by atoms with Crippen LogP contribution >= 0.6 is 0 Å². The maximum absolute atomic E-state index is 14.4. The van der Waals surface area contributed by atoms with E-state index in [9.17, 15) is 17.6 Å². The number of rotatable bonds is 7. The first-order chi connectivity index (χ1) is 17.2. The summed E-state index contributed by atoms with van der Waals surface area (Å²) in [4.78, 5) is 16.4. The van der Waals surface area contributed by atoms with Crippen molar-refractivity contribution in [1.29, 1.82) is 0 Å². The third kappa shape index (κ3) is 6.23. The van der Waals surface area contributed by atoms with Crippen molar-refractivity contribution >= 4 is 17.3 Å². The molecule has 0 radical (unpaired) electrons. The Balaban J connectivity index is 1.42. The molecule has 0 aliphatic rings. The minimum Gasteiger partial charge on any atom is -0.354 e. The first kappa shape index (κ1) is 24.8. The number of benzene rings is 1. The largest absolute Gasteiger partial charge is 0.416 e. The fraction of sp³-hybridized carbons (Fsp3) is 0.200. The summed E-state index contributed by atoms with van der Waals surface area (Å²) in [7, 11) is 0. The number of alkyl halides is 3. The molecule has 1 aromatic carbocycles. The summed E-state index contributed by atoms with van der Waals surface area (Å²) < 4.78 is 53.0. The molecule has 0 unspecified atom stereocenters. The van der Waals surface area contributed by atoms with Crippen LogP contribution in [0.15, 0.2) is 77.5 Å². The van der Waals surface area contributed by atoms with Crippen LogP contribution in [-0.4, -0.2) is 19.9 Å². The summed E-state index contributed by atoms with van der Waals surface area (Å²) in [6.45, 7) is 4.13. The molecule has 0 amide bonds. The quantitative estimate of drug-likeness (QED) is 0.216. The highest BCUT2D eigenvalue weighted by molar-refractivity contribution is 5.61. The highest BCUT2D eigenvalue weighted by Gasteiger charge is 2.30. The zero-order valence-corrected chi connectivity index (χ0v) is 19.3. The third-order valence-corrected chi connectivity index (χ3v) is 5.13. The van der Waals surface area contributed by atoms with Gasteiger partial charge < -0.3 is 5.32 Å².